The molecule has 0 aliphatic heterocycles. The van der Waals surface area contributed by atoms with Gasteiger partial charge in [0.05, 0.1) is 17.8 Å². The number of imidazole rings is 1. The smallest absolute Gasteiger partial charge is 0.294 e. The molecule has 0 saturated carbocycles. The molecular weight excluding hydrogens is 362 g/mol. The van der Waals surface area contributed by atoms with Crippen LogP contribution in [0.1, 0.15) is 18.4 Å². The van der Waals surface area contributed by atoms with E-state index in [0.29, 0.717) is 12.6 Å². The molecule has 0 unspecified atom stereocenters. The van der Waals surface area contributed by atoms with E-state index in [2.05, 4.69) is 64.7 Å². The zero-order valence-electron chi connectivity index (χ0n) is 16.6. The minimum Gasteiger partial charge on any atom is -0.465 e. The van der Waals surface area contributed by atoms with Crippen LogP contribution >= 0.6 is 0 Å². The molecule has 0 saturated heterocycles. The van der Waals surface area contributed by atoms with E-state index in [0.717, 1.165) is 44.7 Å². The van der Waals surface area contributed by atoms with E-state index >= 15 is 0 Å². The number of nitrogens with one attached hydrogen (secondary N) is 1. The maximum absolute atomic E-state index is 5.65. The molecule has 0 atom stereocenters. The normalized spacial score (nSPS) is 11.4. The van der Waals surface area contributed by atoms with Crippen molar-refractivity contribution in [1.29, 1.82) is 0 Å². The van der Waals surface area contributed by atoms with E-state index in [9.17, 15) is 0 Å². The number of hydrogen-bond acceptors (Lipinski definition) is 4. The van der Waals surface area contributed by atoms with Crippen molar-refractivity contribution in [3.63, 3.8) is 0 Å². The number of nitrogens with zero attached hydrogens (tertiary/aromatic N) is 2. The zero-order chi connectivity index (χ0) is 20.0. The molecule has 0 bridgehead atoms. The molecule has 2 aromatic heterocycles. The molecule has 3 aromatic carbocycles. The van der Waals surface area contributed by atoms with Crippen molar-refractivity contribution in [3.05, 3.63) is 66.1 Å². The van der Waals surface area contributed by atoms with Crippen LogP contribution in [0.25, 0.3) is 44.1 Å². The van der Waals surface area contributed by atoms with Gasteiger partial charge in [0.2, 0.25) is 0 Å². The van der Waals surface area contributed by atoms with Crippen molar-refractivity contribution in [2.24, 2.45) is 0 Å². The van der Waals surface area contributed by atoms with Crippen LogP contribution in [0.2, 0.25) is 0 Å². The van der Waals surface area contributed by atoms with Crippen LogP contribution in [-0.2, 0) is 0 Å². The van der Waals surface area contributed by atoms with Gasteiger partial charge in [-0.05, 0) is 54.8 Å². The van der Waals surface area contributed by atoms with Crippen LogP contribution in [-0.4, -0.2) is 21.7 Å². The molecule has 0 aliphatic rings. The van der Waals surface area contributed by atoms with Gasteiger partial charge in [0, 0.05) is 11.1 Å². The molecule has 5 rings (SSSR count). The summed E-state index contributed by atoms with van der Waals surface area (Å²) in [4.78, 5) is 8.05. The summed E-state index contributed by atoms with van der Waals surface area (Å²) < 4.78 is 11.1. The Morgan fingerprint density at radius 2 is 1.83 bits per heavy atom. The van der Waals surface area contributed by atoms with Crippen LogP contribution in [0, 0.1) is 13.8 Å². The Hall–Kier alpha value is -3.60. The average Bonchev–Trinajstić information content (AvgIpc) is 3.29. The van der Waals surface area contributed by atoms with E-state index < -0.39 is 0 Å². The van der Waals surface area contributed by atoms with Gasteiger partial charge in [-0.3, -0.25) is 0 Å². The van der Waals surface area contributed by atoms with Crippen molar-refractivity contribution in [2.75, 3.05) is 6.61 Å². The van der Waals surface area contributed by atoms with Gasteiger partial charge in [-0.1, -0.05) is 47.6 Å². The minimum absolute atomic E-state index is 0.528. The van der Waals surface area contributed by atoms with E-state index in [1.54, 1.807) is 0 Å². The Labute approximate surface area is 168 Å². The lowest BCUT2D eigenvalue weighted by Gasteiger charge is -2.10. The third kappa shape index (κ3) is 2.86. The number of rotatable bonds is 4. The van der Waals surface area contributed by atoms with Crippen molar-refractivity contribution < 1.29 is 9.26 Å². The summed E-state index contributed by atoms with van der Waals surface area (Å²) in [6, 6.07) is 19.6. The standard InChI is InChI=1S/C24H21N3O2/c1-4-28-24-25-21-13-17(22-14(2)27-29-15(22)3)12-20(23(21)26-24)19-11-7-9-16-8-5-6-10-18(16)19/h5-13H,4H2,1-3H3,(H,25,26). The summed E-state index contributed by atoms with van der Waals surface area (Å²) >= 11 is 0. The highest BCUT2D eigenvalue weighted by Gasteiger charge is 2.18. The van der Waals surface area contributed by atoms with Gasteiger partial charge in [-0.2, -0.15) is 4.98 Å². The maximum atomic E-state index is 5.65. The Morgan fingerprint density at radius 1 is 1.00 bits per heavy atom. The van der Waals surface area contributed by atoms with Crippen LogP contribution in [0.4, 0.5) is 0 Å². The monoisotopic (exact) mass is 383 g/mol. The topological polar surface area (TPSA) is 63.9 Å². The third-order valence-electron chi connectivity index (χ3n) is 5.25. The number of benzene rings is 3. The second-order valence-corrected chi connectivity index (χ2v) is 7.12. The summed E-state index contributed by atoms with van der Waals surface area (Å²) in [5.41, 5.74) is 6.93. The maximum Gasteiger partial charge on any atom is 0.294 e. The van der Waals surface area contributed by atoms with Crippen molar-refractivity contribution in [1.82, 2.24) is 15.1 Å². The largest absolute Gasteiger partial charge is 0.465 e. The van der Waals surface area contributed by atoms with Crippen LogP contribution in [0.3, 0.4) is 0 Å². The van der Waals surface area contributed by atoms with E-state index in [-0.39, 0.29) is 0 Å². The Balaban J connectivity index is 1.85. The molecule has 5 heteroatoms. The first kappa shape index (κ1) is 17.5. The molecule has 0 amide bonds. The first-order chi connectivity index (χ1) is 14.2. The van der Waals surface area contributed by atoms with Crippen LogP contribution in [0.5, 0.6) is 6.01 Å². The highest BCUT2D eigenvalue weighted by Crippen LogP contribution is 2.38. The molecular formula is C24H21N3O2. The fraction of sp³-hybridized carbons (Fsp3) is 0.167. The fourth-order valence-corrected chi connectivity index (χ4v) is 4.01. The van der Waals surface area contributed by atoms with Crippen molar-refractivity contribution in [3.8, 4) is 28.3 Å². The predicted molar refractivity (Wildman–Crippen MR) is 115 cm³/mol. The van der Waals surface area contributed by atoms with Gasteiger partial charge >= 0.3 is 0 Å². The molecule has 29 heavy (non-hydrogen) atoms. The van der Waals surface area contributed by atoms with Crippen molar-refractivity contribution in [2.45, 2.75) is 20.8 Å². The molecule has 0 aliphatic carbocycles. The molecule has 5 aromatic rings. The van der Waals surface area contributed by atoms with Gasteiger partial charge in [-0.25, -0.2) is 0 Å². The molecule has 5 nitrogen and oxygen atoms in total. The molecule has 0 spiro atoms. The highest BCUT2D eigenvalue weighted by atomic mass is 16.5. The van der Waals surface area contributed by atoms with Gasteiger partial charge in [0.15, 0.2) is 0 Å². The summed E-state index contributed by atoms with van der Waals surface area (Å²) in [7, 11) is 0. The third-order valence-corrected chi connectivity index (χ3v) is 5.25. The van der Waals surface area contributed by atoms with Crippen molar-refractivity contribution >= 4 is 21.8 Å². The Kier molecular flexibility index (Phi) is 4.09. The Bertz CT molecular complexity index is 1320. The van der Waals surface area contributed by atoms with Gasteiger partial charge in [-0.15, -0.1) is 0 Å². The second kappa shape index (κ2) is 6.78. The minimum atomic E-state index is 0.528. The summed E-state index contributed by atoms with van der Waals surface area (Å²) in [6.45, 7) is 6.41. The number of H-pyrrole nitrogens is 1. The summed E-state index contributed by atoms with van der Waals surface area (Å²) in [6.07, 6.45) is 0. The quantitative estimate of drug-likeness (QED) is 0.410. The number of aryl methyl sites for hydroxylation is 2. The number of aromatic amines is 1. The first-order valence-electron chi connectivity index (χ1n) is 9.73. The van der Waals surface area contributed by atoms with Crippen LogP contribution in [0.15, 0.2) is 59.1 Å². The SMILES string of the molecule is CCOc1nc2c(-c3cccc4ccccc34)cc(-c3c(C)noc3C)cc2[nH]1. The predicted octanol–water partition coefficient (Wildman–Crippen LogP) is 6.05. The van der Waals surface area contributed by atoms with E-state index in [1.807, 2.05) is 20.8 Å². The van der Waals surface area contributed by atoms with Gasteiger partial charge in [0.1, 0.15) is 11.3 Å². The lowest BCUT2D eigenvalue weighted by Crippen LogP contribution is -1.92. The van der Waals surface area contributed by atoms with Gasteiger partial charge < -0.3 is 14.2 Å². The number of aromatic nitrogens is 3. The second-order valence-electron chi connectivity index (χ2n) is 7.12. The fourth-order valence-electron chi connectivity index (χ4n) is 4.01. The number of fused-ring (bicyclic) bond motifs is 2. The Morgan fingerprint density at radius 3 is 2.62 bits per heavy atom. The van der Waals surface area contributed by atoms with E-state index in [4.69, 9.17) is 14.2 Å². The summed E-state index contributed by atoms with van der Waals surface area (Å²) in [5.74, 6) is 0.801. The average molecular weight is 383 g/mol. The molecule has 144 valence electrons. The molecule has 0 fully saturated rings. The molecule has 1 N–H and O–H groups in total. The lowest BCUT2D eigenvalue weighted by molar-refractivity contribution is 0.317. The van der Waals surface area contributed by atoms with Gasteiger partial charge in [0.25, 0.3) is 6.01 Å². The highest BCUT2D eigenvalue weighted by molar-refractivity contribution is 6.05. The zero-order valence-corrected chi connectivity index (χ0v) is 16.6. The molecule has 0 radical (unpaired) electrons. The van der Waals surface area contributed by atoms with Crippen LogP contribution < -0.4 is 4.74 Å². The molecule has 2 heterocycles. The lowest BCUT2D eigenvalue weighted by atomic mass is 9.93. The number of ether oxygens (including phenoxy) is 1. The summed E-state index contributed by atoms with van der Waals surface area (Å²) in [5, 5.41) is 6.52. The van der Waals surface area contributed by atoms with E-state index in [1.165, 1.54) is 10.8 Å². The number of hydrogen-bond donors (Lipinski definition) is 1. The first-order valence-corrected chi connectivity index (χ1v) is 9.73.